The molecule has 0 heterocycles. The molecule has 0 radical (unpaired) electrons. The maximum absolute atomic E-state index is 12.4. The van der Waals surface area contributed by atoms with Crippen LogP contribution in [-0.2, 0) is 6.18 Å². The Kier molecular flexibility index (Phi) is 4.34. The van der Waals surface area contributed by atoms with E-state index in [1.807, 2.05) is 7.05 Å². The lowest BCUT2D eigenvalue weighted by molar-refractivity contribution is -0.137. The van der Waals surface area contributed by atoms with Crippen molar-refractivity contribution in [1.29, 1.82) is 0 Å². The Morgan fingerprint density at radius 3 is 2.32 bits per heavy atom. The van der Waals surface area contributed by atoms with Crippen LogP contribution in [0.15, 0.2) is 24.3 Å². The minimum Gasteiger partial charge on any atom is -0.489 e. The molecule has 0 aliphatic heterocycles. The van der Waals surface area contributed by atoms with E-state index >= 15 is 0 Å². The molecule has 0 spiro atoms. The van der Waals surface area contributed by atoms with Crippen molar-refractivity contribution in [2.24, 2.45) is 0 Å². The average molecular weight is 273 g/mol. The third-order valence-corrected chi connectivity index (χ3v) is 3.54. The number of halogens is 3. The maximum Gasteiger partial charge on any atom is 0.416 e. The molecule has 1 aromatic rings. The summed E-state index contributed by atoms with van der Waals surface area (Å²) in [5.41, 5.74) is -0.645. The topological polar surface area (TPSA) is 21.3 Å². The number of nitrogens with one attached hydrogen (secondary N) is 1. The van der Waals surface area contributed by atoms with Gasteiger partial charge in [0.1, 0.15) is 11.9 Å². The number of alkyl halides is 3. The summed E-state index contributed by atoms with van der Waals surface area (Å²) < 4.78 is 43.1. The number of hydrogen-bond donors (Lipinski definition) is 1. The second kappa shape index (κ2) is 5.82. The molecule has 5 heteroatoms. The van der Waals surface area contributed by atoms with Gasteiger partial charge in [-0.1, -0.05) is 6.42 Å². The first kappa shape index (κ1) is 14.2. The lowest BCUT2D eigenvalue weighted by atomic mass is 9.92. The van der Waals surface area contributed by atoms with Gasteiger partial charge in [0, 0.05) is 6.04 Å². The van der Waals surface area contributed by atoms with Crippen LogP contribution < -0.4 is 10.1 Å². The van der Waals surface area contributed by atoms with Gasteiger partial charge in [0.15, 0.2) is 0 Å². The normalized spacial score (nSPS) is 24.2. The molecule has 2 rings (SSSR count). The van der Waals surface area contributed by atoms with Gasteiger partial charge in [-0.3, -0.25) is 0 Å². The lowest BCUT2D eigenvalue weighted by Gasteiger charge is -2.31. The summed E-state index contributed by atoms with van der Waals surface area (Å²) in [5.74, 6) is 0.500. The summed E-state index contributed by atoms with van der Waals surface area (Å²) in [5, 5.41) is 3.20. The Hall–Kier alpha value is -1.23. The van der Waals surface area contributed by atoms with E-state index in [9.17, 15) is 13.2 Å². The van der Waals surface area contributed by atoms with Crippen LogP contribution in [-0.4, -0.2) is 19.2 Å². The minimum atomic E-state index is -4.29. The molecule has 1 N–H and O–H groups in total. The quantitative estimate of drug-likeness (QED) is 0.908. The summed E-state index contributed by atoms with van der Waals surface area (Å²) in [6.07, 6.45) is -0.0111. The third-order valence-electron chi connectivity index (χ3n) is 3.54. The SMILES string of the molecule is CNC1CCCCC1Oc1ccc(C(F)(F)F)cc1. The van der Waals surface area contributed by atoms with Crippen LogP contribution in [0.1, 0.15) is 31.2 Å². The Labute approximate surface area is 111 Å². The molecule has 1 aliphatic carbocycles. The Balaban J connectivity index is 2.02. The number of benzene rings is 1. The highest BCUT2D eigenvalue weighted by molar-refractivity contribution is 5.29. The molecule has 106 valence electrons. The van der Waals surface area contributed by atoms with Gasteiger partial charge in [-0.15, -0.1) is 0 Å². The number of ether oxygens (including phenoxy) is 1. The predicted molar refractivity (Wildman–Crippen MR) is 67.2 cm³/mol. The van der Waals surface area contributed by atoms with Crippen molar-refractivity contribution in [3.05, 3.63) is 29.8 Å². The van der Waals surface area contributed by atoms with Crippen molar-refractivity contribution in [2.75, 3.05) is 7.05 Å². The van der Waals surface area contributed by atoms with Crippen molar-refractivity contribution in [2.45, 2.75) is 44.0 Å². The Morgan fingerprint density at radius 2 is 1.74 bits per heavy atom. The molecule has 0 bridgehead atoms. The second-order valence-corrected chi connectivity index (χ2v) is 4.86. The third kappa shape index (κ3) is 3.62. The zero-order chi connectivity index (χ0) is 13.9. The zero-order valence-corrected chi connectivity index (χ0v) is 10.8. The smallest absolute Gasteiger partial charge is 0.416 e. The summed E-state index contributed by atoms with van der Waals surface area (Å²) in [6, 6.07) is 5.18. The Morgan fingerprint density at radius 1 is 1.11 bits per heavy atom. The van der Waals surface area contributed by atoms with Crippen LogP contribution in [0.25, 0.3) is 0 Å². The van der Waals surface area contributed by atoms with E-state index in [1.54, 1.807) is 0 Å². The monoisotopic (exact) mass is 273 g/mol. The van der Waals surface area contributed by atoms with Crippen molar-refractivity contribution in [1.82, 2.24) is 5.32 Å². The van der Waals surface area contributed by atoms with Gasteiger partial charge in [-0.2, -0.15) is 13.2 Å². The molecule has 19 heavy (non-hydrogen) atoms. The standard InChI is InChI=1S/C14H18F3NO/c1-18-12-4-2-3-5-13(12)19-11-8-6-10(7-9-11)14(15,16)17/h6-9,12-13,18H,2-5H2,1H3. The number of rotatable bonds is 3. The molecule has 1 fully saturated rings. The van der Waals surface area contributed by atoms with Crippen LogP contribution in [0.4, 0.5) is 13.2 Å². The van der Waals surface area contributed by atoms with Crippen molar-refractivity contribution >= 4 is 0 Å². The summed E-state index contributed by atoms with van der Waals surface area (Å²) in [6.45, 7) is 0. The Bertz CT molecular complexity index is 402. The van der Waals surface area contributed by atoms with Gasteiger partial charge in [0.25, 0.3) is 0 Å². The van der Waals surface area contributed by atoms with E-state index in [2.05, 4.69) is 5.32 Å². The van der Waals surface area contributed by atoms with Crippen molar-refractivity contribution in [3.63, 3.8) is 0 Å². The second-order valence-electron chi connectivity index (χ2n) is 4.86. The van der Waals surface area contributed by atoms with Crippen LogP contribution in [0.5, 0.6) is 5.75 Å². The minimum absolute atomic E-state index is 0.0375. The first-order valence-corrected chi connectivity index (χ1v) is 6.52. The first-order chi connectivity index (χ1) is 9.00. The average Bonchev–Trinajstić information content (AvgIpc) is 2.39. The highest BCUT2D eigenvalue weighted by Gasteiger charge is 2.30. The van der Waals surface area contributed by atoms with E-state index in [1.165, 1.54) is 18.6 Å². The molecule has 2 nitrogen and oxygen atoms in total. The summed E-state index contributed by atoms with van der Waals surface area (Å²) in [7, 11) is 1.89. The number of likely N-dealkylation sites (N-methyl/N-ethyl adjacent to an activating group) is 1. The van der Waals surface area contributed by atoms with E-state index in [4.69, 9.17) is 4.74 Å². The molecule has 1 aromatic carbocycles. The summed E-state index contributed by atoms with van der Waals surface area (Å²) in [4.78, 5) is 0. The highest BCUT2D eigenvalue weighted by atomic mass is 19.4. The molecule has 0 amide bonds. The first-order valence-electron chi connectivity index (χ1n) is 6.52. The van der Waals surface area contributed by atoms with Crippen LogP contribution >= 0.6 is 0 Å². The molecule has 1 aliphatic rings. The molecule has 2 atom stereocenters. The fourth-order valence-corrected chi connectivity index (χ4v) is 2.47. The van der Waals surface area contributed by atoms with E-state index in [0.717, 1.165) is 31.4 Å². The molecule has 1 saturated carbocycles. The van der Waals surface area contributed by atoms with Gasteiger partial charge < -0.3 is 10.1 Å². The fourth-order valence-electron chi connectivity index (χ4n) is 2.47. The predicted octanol–water partition coefficient (Wildman–Crippen LogP) is 3.61. The van der Waals surface area contributed by atoms with Gasteiger partial charge >= 0.3 is 6.18 Å². The zero-order valence-electron chi connectivity index (χ0n) is 10.8. The van der Waals surface area contributed by atoms with E-state index in [0.29, 0.717) is 5.75 Å². The molecule has 2 unspecified atom stereocenters. The molecule has 0 aromatic heterocycles. The number of hydrogen-bond acceptors (Lipinski definition) is 2. The van der Waals surface area contributed by atoms with E-state index < -0.39 is 11.7 Å². The fraction of sp³-hybridized carbons (Fsp3) is 0.571. The van der Waals surface area contributed by atoms with Crippen molar-refractivity contribution < 1.29 is 17.9 Å². The van der Waals surface area contributed by atoms with Crippen LogP contribution in [0, 0.1) is 0 Å². The van der Waals surface area contributed by atoms with E-state index in [-0.39, 0.29) is 12.1 Å². The summed E-state index contributed by atoms with van der Waals surface area (Å²) >= 11 is 0. The van der Waals surface area contributed by atoms with Gasteiger partial charge in [-0.05, 0) is 50.6 Å². The highest BCUT2D eigenvalue weighted by Crippen LogP contribution is 2.31. The van der Waals surface area contributed by atoms with Gasteiger partial charge in [0.05, 0.1) is 5.56 Å². The van der Waals surface area contributed by atoms with Crippen molar-refractivity contribution in [3.8, 4) is 5.75 Å². The molecular weight excluding hydrogens is 255 g/mol. The lowest BCUT2D eigenvalue weighted by Crippen LogP contribution is -2.43. The largest absolute Gasteiger partial charge is 0.489 e. The van der Waals surface area contributed by atoms with Gasteiger partial charge in [-0.25, -0.2) is 0 Å². The van der Waals surface area contributed by atoms with Gasteiger partial charge in [0.2, 0.25) is 0 Å². The maximum atomic E-state index is 12.4. The van der Waals surface area contributed by atoms with Crippen LogP contribution in [0.2, 0.25) is 0 Å². The molecular formula is C14H18F3NO. The van der Waals surface area contributed by atoms with Crippen LogP contribution in [0.3, 0.4) is 0 Å². The molecule has 0 saturated heterocycles.